The van der Waals surface area contributed by atoms with Gasteiger partial charge in [-0.1, -0.05) is 30.3 Å². The monoisotopic (exact) mass is 281 g/mol. The summed E-state index contributed by atoms with van der Waals surface area (Å²) in [6.07, 6.45) is 0.889. The van der Waals surface area contributed by atoms with Gasteiger partial charge in [0.1, 0.15) is 0 Å². The molecule has 110 valence electrons. The van der Waals surface area contributed by atoms with Gasteiger partial charge in [-0.05, 0) is 18.5 Å². The van der Waals surface area contributed by atoms with E-state index in [-0.39, 0.29) is 25.9 Å². The lowest BCUT2D eigenvalue weighted by Gasteiger charge is -2.02. The summed E-state index contributed by atoms with van der Waals surface area (Å²) in [6.45, 7) is 0.964. The Hall–Kier alpha value is -1.79. The fourth-order valence-electron chi connectivity index (χ4n) is 1.48. The number of carbonyl (C=O) groups is 1. The van der Waals surface area contributed by atoms with E-state index in [0.717, 1.165) is 10.3 Å². The molecule has 6 heteroatoms. The van der Waals surface area contributed by atoms with Gasteiger partial charge in [0.15, 0.2) is 6.61 Å². The van der Waals surface area contributed by atoms with Crippen LogP contribution >= 0.6 is 0 Å². The first-order valence-corrected chi connectivity index (χ1v) is 6.62. The predicted molar refractivity (Wildman–Crippen MR) is 73.8 cm³/mol. The van der Waals surface area contributed by atoms with Gasteiger partial charge in [-0.3, -0.25) is 4.79 Å². The number of nitrogens with zero attached hydrogens (tertiary/aromatic N) is 1. The Balaban J connectivity index is 2.04. The van der Waals surface area contributed by atoms with Crippen molar-refractivity contribution in [3.05, 3.63) is 40.8 Å². The topological polar surface area (TPSA) is 81.6 Å². The molecule has 1 aromatic rings. The van der Waals surface area contributed by atoms with Crippen LogP contribution in [-0.4, -0.2) is 37.2 Å². The molecule has 0 saturated carbocycles. The van der Waals surface area contributed by atoms with Crippen LogP contribution in [-0.2, 0) is 20.9 Å². The van der Waals surface area contributed by atoms with Gasteiger partial charge in [0.25, 0.3) is 6.73 Å². The Morgan fingerprint density at radius 3 is 2.70 bits per heavy atom. The molecular formula is C14H21N2O4+. The fourth-order valence-corrected chi connectivity index (χ4v) is 1.48. The lowest BCUT2D eigenvalue weighted by atomic mass is 10.2. The first-order valence-electron chi connectivity index (χ1n) is 6.62. The highest BCUT2D eigenvalue weighted by Gasteiger charge is 2.10. The summed E-state index contributed by atoms with van der Waals surface area (Å²) in [6, 6.07) is 9.59. The maximum absolute atomic E-state index is 11.4. The van der Waals surface area contributed by atoms with Gasteiger partial charge >= 0.3 is 5.97 Å². The summed E-state index contributed by atoms with van der Waals surface area (Å²) in [5, 5.41) is 0. The number of ether oxygens (including phenoxy) is 2. The SMILES string of the molecule is NCCCC(=O)OCC[N+](=O)COCc1ccccc1. The lowest BCUT2D eigenvalue weighted by Crippen LogP contribution is -2.20. The summed E-state index contributed by atoms with van der Waals surface area (Å²) in [4.78, 5) is 22.6. The number of hydrogen-bond acceptors (Lipinski definition) is 5. The van der Waals surface area contributed by atoms with Gasteiger partial charge in [-0.15, -0.1) is 0 Å². The minimum atomic E-state index is -0.325. The maximum Gasteiger partial charge on any atom is 0.306 e. The molecule has 0 fully saturated rings. The molecule has 0 aliphatic rings. The standard InChI is InChI=1S/C14H21N2O4/c15-8-4-7-14(17)20-10-9-16(18)12-19-11-13-5-2-1-3-6-13/h1-3,5-6H,4,7-12,15H2/q+1. The third-order valence-corrected chi connectivity index (χ3v) is 2.54. The molecule has 0 amide bonds. The van der Waals surface area contributed by atoms with Gasteiger partial charge in [0, 0.05) is 16.1 Å². The number of nitrogens with two attached hydrogens (primary N) is 1. The quantitative estimate of drug-likeness (QED) is 0.396. The summed E-state index contributed by atoms with van der Waals surface area (Å²) in [5.74, 6) is -0.325. The molecule has 0 spiro atoms. The largest absolute Gasteiger partial charge is 0.459 e. The van der Waals surface area contributed by atoms with Gasteiger partial charge in [0.2, 0.25) is 6.54 Å². The second-order valence-corrected chi connectivity index (χ2v) is 4.28. The van der Waals surface area contributed by atoms with Crippen LogP contribution in [0.25, 0.3) is 0 Å². The molecule has 20 heavy (non-hydrogen) atoms. The van der Waals surface area contributed by atoms with Crippen molar-refractivity contribution >= 4 is 5.97 Å². The van der Waals surface area contributed by atoms with Crippen molar-refractivity contribution in [3.63, 3.8) is 0 Å². The number of esters is 1. The molecule has 0 bridgehead atoms. The normalized spacial score (nSPS) is 10.2. The van der Waals surface area contributed by atoms with Gasteiger partial charge < -0.3 is 15.2 Å². The zero-order chi connectivity index (χ0) is 14.6. The van der Waals surface area contributed by atoms with E-state index in [1.54, 1.807) is 0 Å². The first-order chi connectivity index (χ1) is 9.72. The van der Waals surface area contributed by atoms with Crippen LogP contribution in [0.4, 0.5) is 0 Å². The number of hydrogen-bond donors (Lipinski definition) is 1. The zero-order valence-corrected chi connectivity index (χ0v) is 11.5. The molecular weight excluding hydrogens is 260 g/mol. The van der Waals surface area contributed by atoms with E-state index in [1.807, 2.05) is 30.3 Å². The lowest BCUT2D eigenvalue weighted by molar-refractivity contribution is -0.589. The van der Waals surface area contributed by atoms with Crippen molar-refractivity contribution in [1.29, 1.82) is 0 Å². The Labute approximate surface area is 118 Å². The van der Waals surface area contributed by atoms with E-state index in [0.29, 0.717) is 26.0 Å². The summed E-state index contributed by atoms with van der Waals surface area (Å²) < 4.78 is 10.9. The van der Waals surface area contributed by atoms with Crippen LogP contribution < -0.4 is 5.73 Å². The van der Waals surface area contributed by atoms with E-state index in [9.17, 15) is 9.70 Å². The summed E-state index contributed by atoms with van der Waals surface area (Å²) in [5.41, 5.74) is 6.28. The smallest absolute Gasteiger partial charge is 0.306 e. The molecule has 1 rings (SSSR count). The van der Waals surface area contributed by atoms with Crippen molar-refractivity contribution in [3.8, 4) is 0 Å². The van der Waals surface area contributed by atoms with Crippen LogP contribution in [0.5, 0.6) is 0 Å². The van der Waals surface area contributed by atoms with Crippen molar-refractivity contribution in [2.75, 3.05) is 26.4 Å². The molecule has 0 aromatic heterocycles. The number of benzene rings is 1. The second kappa shape index (κ2) is 10.1. The van der Waals surface area contributed by atoms with Crippen LogP contribution in [0.1, 0.15) is 18.4 Å². The third kappa shape index (κ3) is 7.60. The zero-order valence-electron chi connectivity index (χ0n) is 11.5. The van der Waals surface area contributed by atoms with Crippen LogP contribution in [0.2, 0.25) is 0 Å². The molecule has 0 saturated heterocycles. The average Bonchev–Trinajstić information content (AvgIpc) is 2.46. The number of nitroso groups, excluding NO2 is 1. The minimum absolute atomic E-state index is 0.0464. The highest BCUT2D eigenvalue weighted by molar-refractivity contribution is 5.69. The predicted octanol–water partition coefficient (Wildman–Crippen LogP) is 1.22. The molecule has 0 radical (unpaired) electrons. The number of carbonyl (C=O) groups excluding carboxylic acids is 1. The first kappa shape index (κ1) is 16.3. The summed E-state index contributed by atoms with van der Waals surface area (Å²) in [7, 11) is 0. The van der Waals surface area contributed by atoms with Crippen LogP contribution in [0.3, 0.4) is 0 Å². The molecule has 1 aromatic carbocycles. The molecule has 0 atom stereocenters. The Morgan fingerprint density at radius 1 is 1.25 bits per heavy atom. The second-order valence-electron chi connectivity index (χ2n) is 4.28. The van der Waals surface area contributed by atoms with Crippen molar-refractivity contribution in [2.24, 2.45) is 5.73 Å². The highest BCUT2D eigenvalue weighted by atomic mass is 16.5. The van der Waals surface area contributed by atoms with E-state index in [2.05, 4.69) is 0 Å². The highest BCUT2D eigenvalue weighted by Crippen LogP contribution is 2.00. The fraction of sp³-hybridized carbons (Fsp3) is 0.500. The molecule has 2 N–H and O–H groups in total. The summed E-state index contributed by atoms with van der Waals surface area (Å²) >= 11 is 0. The van der Waals surface area contributed by atoms with Gasteiger partial charge in [-0.2, -0.15) is 0 Å². The molecule has 0 aliphatic heterocycles. The minimum Gasteiger partial charge on any atom is -0.459 e. The van der Waals surface area contributed by atoms with Gasteiger partial charge in [0.05, 0.1) is 6.61 Å². The Morgan fingerprint density at radius 2 is 2.00 bits per heavy atom. The van der Waals surface area contributed by atoms with E-state index in [1.165, 1.54) is 0 Å². The van der Waals surface area contributed by atoms with E-state index < -0.39 is 0 Å². The maximum atomic E-state index is 11.4. The third-order valence-electron chi connectivity index (χ3n) is 2.54. The van der Waals surface area contributed by atoms with Crippen LogP contribution in [0, 0.1) is 4.91 Å². The number of rotatable bonds is 10. The van der Waals surface area contributed by atoms with Crippen molar-refractivity contribution in [2.45, 2.75) is 19.4 Å². The van der Waals surface area contributed by atoms with E-state index in [4.69, 9.17) is 15.2 Å². The van der Waals surface area contributed by atoms with E-state index >= 15 is 0 Å². The average molecular weight is 281 g/mol. The molecule has 0 unspecified atom stereocenters. The molecule has 0 aliphatic carbocycles. The van der Waals surface area contributed by atoms with Gasteiger partial charge in [-0.25, -0.2) is 0 Å². The Bertz CT molecular complexity index is 409. The molecule has 6 nitrogen and oxygen atoms in total. The Kier molecular flexibility index (Phi) is 8.17. The van der Waals surface area contributed by atoms with Crippen LogP contribution in [0.15, 0.2) is 30.3 Å². The molecule has 0 heterocycles. The van der Waals surface area contributed by atoms with Crippen molar-refractivity contribution < 1.29 is 19.0 Å². The van der Waals surface area contributed by atoms with Crippen molar-refractivity contribution in [1.82, 2.24) is 0 Å².